The summed E-state index contributed by atoms with van der Waals surface area (Å²) < 4.78 is 9.26. The number of anilines is 1. The smallest absolute Gasteiger partial charge is 0.187 e. The van der Waals surface area contributed by atoms with Gasteiger partial charge >= 0.3 is 0 Å². The number of rotatable bonds is 3. The van der Waals surface area contributed by atoms with Crippen LogP contribution in [-0.2, 0) is 4.74 Å². The molecule has 1 unspecified atom stereocenters. The molecule has 0 N–H and O–H groups in total. The average molecular weight is 436 g/mol. The van der Waals surface area contributed by atoms with E-state index in [-0.39, 0.29) is 6.10 Å². The van der Waals surface area contributed by atoms with E-state index in [4.69, 9.17) is 9.72 Å². The first kappa shape index (κ1) is 15.5. The Morgan fingerprint density at radius 1 is 1.38 bits per heavy atom. The zero-order valence-corrected chi connectivity index (χ0v) is 15.8. The highest BCUT2D eigenvalue weighted by molar-refractivity contribution is 9.11. The number of hydrogen-bond donors (Lipinski definition) is 0. The minimum absolute atomic E-state index is 0.278. The highest BCUT2D eigenvalue weighted by atomic mass is 79.9. The third kappa shape index (κ3) is 3.33. The third-order valence-electron chi connectivity index (χ3n) is 3.47. The van der Waals surface area contributed by atoms with Crippen molar-refractivity contribution in [3.8, 4) is 5.82 Å². The van der Waals surface area contributed by atoms with E-state index >= 15 is 0 Å². The van der Waals surface area contributed by atoms with Crippen molar-refractivity contribution in [2.24, 2.45) is 5.92 Å². The van der Waals surface area contributed by atoms with Crippen LogP contribution in [0.25, 0.3) is 5.82 Å². The lowest BCUT2D eigenvalue weighted by molar-refractivity contribution is 0.0114. The van der Waals surface area contributed by atoms with Gasteiger partial charge in [-0.25, -0.2) is 9.97 Å². The Hall–Kier alpha value is -0.440. The predicted octanol–water partition coefficient (Wildman–Crippen LogP) is 3.72. The molecule has 8 heteroatoms. The van der Waals surface area contributed by atoms with Crippen molar-refractivity contribution < 1.29 is 4.74 Å². The molecule has 1 atom stereocenters. The molecular weight excluding hydrogens is 420 g/mol. The minimum Gasteiger partial charge on any atom is -0.374 e. The van der Waals surface area contributed by atoms with Gasteiger partial charge in [-0.3, -0.25) is 4.57 Å². The van der Waals surface area contributed by atoms with Crippen molar-refractivity contribution in [3.63, 3.8) is 0 Å². The molecule has 0 aliphatic carbocycles. The van der Waals surface area contributed by atoms with Crippen LogP contribution in [0.1, 0.15) is 13.8 Å². The van der Waals surface area contributed by atoms with Crippen molar-refractivity contribution >= 4 is 48.3 Å². The van der Waals surface area contributed by atoms with Gasteiger partial charge in [-0.05, 0) is 37.8 Å². The number of halogens is 2. The van der Waals surface area contributed by atoms with Crippen LogP contribution in [0.15, 0.2) is 20.9 Å². The summed E-state index contributed by atoms with van der Waals surface area (Å²) in [4.78, 5) is 11.3. The normalized spacial score (nSPS) is 19.5. The molecule has 114 valence electrons. The summed E-state index contributed by atoms with van der Waals surface area (Å²) in [7, 11) is 0. The number of ether oxygens (including phenoxy) is 1. The molecule has 0 aromatic carbocycles. The maximum Gasteiger partial charge on any atom is 0.187 e. The Labute approximate surface area is 144 Å². The lowest BCUT2D eigenvalue weighted by Crippen LogP contribution is -2.44. The Morgan fingerprint density at radius 3 is 2.86 bits per heavy atom. The SMILES string of the molecule is CC(C)C1CN(c2nc(-n3cc(Br)nc3Br)cs2)CCO1. The fraction of sp³-hybridized carbons (Fsp3) is 0.538. The molecule has 0 bridgehead atoms. The zero-order valence-electron chi connectivity index (χ0n) is 11.8. The molecule has 2 aromatic rings. The molecule has 0 saturated carbocycles. The molecule has 0 radical (unpaired) electrons. The molecule has 21 heavy (non-hydrogen) atoms. The molecule has 1 fully saturated rings. The summed E-state index contributed by atoms with van der Waals surface area (Å²) in [6.45, 7) is 6.95. The van der Waals surface area contributed by atoms with Gasteiger partial charge in [-0.15, -0.1) is 11.3 Å². The Bertz CT molecular complexity index is 627. The van der Waals surface area contributed by atoms with Crippen LogP contribution >= 0.6 is 43.2 Å². The van der Waals surface area contributed by atoms with Crippen LogP contribution in [-0.4, -0.2) is 40.3 Å². The molecule has 1 saturated heterocycles. The largest absolute Gasteiger partial charge is 0.374 e. The number of nitrogens with zero attached hydrogens (tertiary/aromatic N) is 4. The fourth-order valence-electron chi connectivity index (χ4n) is 2.26. The van der Waals surface area contributed by atoms with Crippen molar-refractivity contribution in [1.29, 1.82) is 0 Å². The molecule has 0 amide bonds. The van der Waals surface area contributed by atoms with Gasteiger partial charge in [0.05, 0.1) is 12.7 Å². The summed E-state index contributed by atoms with van der Waals surface area (Å²) in [5.41, 5.74) is 0. The molecule has 1 aliphatic heterocycles. The van der Waals surface area contributed by atoms with Crippen LogP contribution in [0.5, 0.6) is 0 Å². The summed E-state index contributed by atoms with van der Waals surface area (Å²) in [6, 6.07) is 0. The number of hydrogen-bond acceptors (Lipinski definition) is 5. The highest BCUT2D eigenvalue weighted by Crippen LogP contribution is 2.28. The first-order valence-electron chi connectivity index (χ1n) is 6.77. The van der Waals surface area contributed by atoms with Crippen molar-refractivity contribution in [1.82, 2.24) is 14.5 Å². The van der Waals surface area contributed by atoms with Gasteiger partial charge in [0.2, 0.25) is 0 Å². The lowest BCUT2D eigenvalue weighted by atomic mass is 10.1. The minimum atomic E-state index is 0.278. The van der Waals surface area contributed by atoms with Crippen molar-refractivity contribution in [3.05, 3.63) is 20.9 Å². The summed E-state index contributed by atoms with van der Waals surface area (Å²) in [6.07, 6.45) is 2.18. The van der Waals surface area contributed by atoms with Crippen molar-refractivity contribution in [2.75, 3.05) is 24.6 Å². The van der Waals surface area contributed by atoms with E-state index in [1.165, 1.54) is 0 Å². The van der Waals surface area contributed by atoms with Gasteiger partial charge in [0.15, 0.2) is 15.7 Å². The first-order chi connectivity index (χ1) is 10.0. The molecule has 3 heterocycles. The Kier molecular flexibility index (Phi) is 4.68. The number of imidazole rings is 1. The van der Waals surface area contributed by atoms with Crippen molar-refractivity contribution in [2.45, 2.75) is 20.0 Å². The molecule has 3 rings (SSSR count). The monoisotopic (exact) mass is 434 g/mol. The second kappa shape index (κ2) is 6.36. The first-order valence-corrected chi connectivity index (χ1v) is 9.24. The second-order valence-electron chi connectivity index (χ2n) is 5.29. The van der Waals surface area contributed by atoms with Gasteiger partial charge in [0.25, 0.3) is 0 Å². The van der Waals surface area contributed by atoms with Crippen LogP contribution in [0.2, 0.25) is 0 Å². The summed E-state index contributed by atoms with van der Waals surface area (Å²) in [5.74, 6) is 1.40. The highest BCUT2D eigenvalue weighted by Gasteiger charge is 2.25. The van der Waals surface area contributed by atoms with Crippen LogP contribution in [0, 0.1) is 5.92 Å². The maximum atomic E-state index is 5.81. The Morgan fingerprint density at radius 2 is 2.19 bits per heavy atom. The van der Waals surface area contributed by atoms with Crippen LogP contribution < -0.4 is 4.90 Å². The van der Waals surface area contributed by atoms with Gasteiger partial charge in [-0.2, -0.15) is 0 Å². The standard InChI is InChI=1S/C13H16Br2N4OS/c1-8(2)9-5-18(3-4-20-9)13-17-11(7-21-13)19-6-10(14)16-12(19)15/h6-9H,3-5H2,1-2H3. The van der Waals surface area contributed by atoms with Gasteiger partial charge < -0.3 is 9.64 Å². The third-order valence-corrected chi connectivity index (χ3v) is 5.30. The lowest BCUT2D eigenvalue weighted by Gasteiger charge is -2.34. The van der Waals surface area contributed by atoms with E-state index in [0.717, 1.165) is 40.0 Å². The molecule has 5 nitrogen and oxygen atoms in total. The summed E-state index contributed by atoms with van der Waals surface area (Å²) in [5, 5.41) is 3.09. The predicted molar refractivity (Wildman–Crippen MR) is 91.4 cm³/mol. The van der Waals surface area contributed by atoms with E-state index in [1.807, 2.05) is 16.1 Å². The van der Waals surface area contributed by atoms with E-state index in [9.17, 15) is 0 Å². The van der Waals surface area contributed by atoms with Gasteiger partial charge in [0, 0.05) is 24.7 Å². The Balaban J connectivity index is 1.80. The fourth-order valence-corrected chi connectivity index (χ4v) is 4.18. The zero-order chi connectivity index (χ0) is 15.0. The van der Waals surface area contributed by atoms with Crippen LogP contribution in [0.4, 0.5) is 5.13 Å². The number of thiazole rings is 1. The van der Waals surface area contributed by atoms with E-state index < -0.39 is 0 Å². The van der Waals surface area contributed by atoms with Gasteiger partial charge in [0.1, 0.15) is 4.60 Å². The average Bonchev–Trinajstić information content (AvgIpc) is 3.05. The second-order valence-corrected chi connectivity index (χ2v) is 7.65. The number of morpholine rings is 1. The van der Waals surface area contributed by atoms with Gasteiger partial charge in [-0.1, -0.05) is 13.8 Å². The summed E-state index contributed by atoms with van der Waals surface area (Å²) >= 11 is 8.47. The van der Waals surface area contributed by atoms with E-state index in [1.54, 1.807) is 11.3 Å². The molecule has 0 spiro atoms. The van der Waals surface area contributed by atoms with E-state index in [2.05, 4.69) is 55.6 Å². The molecular formula is C13H16Br2N4OS. The topological polar surface area (TPSA) is 43.2 Å². The van der Waals surface area contributed by atoms with Crippen LogP contribution in [0.3, 0.4) is 0 Å². The molecule has 1 aliphatic rings. The quantitative estimate of drug-likeness (QED) is 0.736. The number of aromatic nitrogens is 3. The molecule has 2 aromatic heterocycles. The van der Waals surface area contributed by atoms with E-state index in [0.29, 0.717) is 5.92 Å². The maximum absolute atomic E-state index is 5.81.